The second-order valence-corrected chi connectivity index (χ2v) is 3.49. The van der Waals surface area contributed by atoms with Crippen molar-refractivity contribution in [2.24, 2.45) is 5.92 Å². The molecule has 1 aromatic carbocycles. The van der Waals surface area contributed by atoms with Crippen LogP contribution in [0, 0.1) is 5.92 Å². The number of hydrogen-bond donors (Lipinski definition) is 0. The monoisotopic (exact) mass is 170 g/mol. The van der Waals surface area contributed by atoms with E-state index in [4.69, 9.17) is 0 Å². The van der Waals surface area contributed by atoms with E-state index in [-0.39, 0.29) is 0 Å². The van der Waals surface area contributed by atoms with Crippen molar-refractivity contribution in [3.63, 3.8) is 0 Å². The highest BCUT2D eigenvalue weighted by atomic mass is 14.2. The molecule has 0 radical (unpaired) electrons. The molecule has 1 aromatic rings. The molecule has 0 amide bonds. The van der Waals surface area contributed by atoms with Crippen LogP contribution in [0.5, 0.6) is 0 Å². The first kappa shape index (κ1) is 8.31. The predicted octanol–water partition coefficient (Wildman–Crippen LogP) is 3.67. The minimum absolute atomic E-state index is 0.875. The number of allylic oxidation sites excluding steroid dienone is 3. The van der Waals surface area contributed by atoms with Gasteiger partial charge in [-0.25, -0.2) is 0 Å². The van der Waals surface area contributed by atoms with Crippen molar-refractivity contribution in [3.05, 3.63) is 54.1 Å². The van der Waals surface area contributed by atoms with Gasteiger partial charge in [0.2, 0.25) is 0 Å². The van der Waals surface area contributed by atoms with E-state index in [2.05, 4.69) is 48.6 Å². The Bertz CT molecular complexity index is 302. The molecule has 2 rings (SSSR count). The summed E-state index contributed by atoms with van der Waals surface area (Å²) in [5.41, 5.74) is 1.27. The molecule has 0 nitrogen and oxygen atoms in total. The van der Waals surface area contributed by atoms with Crippen molar-refractivity contribution >= 4 is 6.08 Å². The van der Waals surface area contributed by atoms with Crippen molar-refractivity contribution in [1.82, 2.24) is 0 Å². The Morgan fingerprint density at radius 1 is 1.00 bits per heavy atom. The van der Waals surface area contributed by atoms with Gasteiger partial charge in [-0.1, -0.05) is 54.6 Å². The Balaban J connectivity index is 1.89. The van der Waals surface area contributed by atoms with Gasteiger partial charge in [0.15, 0.2) is 0 Å². The molecule has 0 heterocycles. The van der Waals surface area contributed by atoms with Crippen LogP contribution in [0.1, 0.15) is 18.4 Å². The molecule has 0 spiro atoms. The lowest BCUT2D eigenvalue weighted by Gasteiger charge is -1.88. The molecule has 0 heteroatoms. The van der Waals surface area contributed by atoms with E-state index in [0.29, 0.717) is 0 Å². The summed E-state index contributed by atoms with van der Waals surface area (Å²) < 4.78 is 0. The standard InChI is InChI=1S/C13H14/c1-2-6-12(7-3-1)8-4-5-9-13-10-11-13/h1-9,13H,10-11H2. The molecule has 0 unspecified atom stereocenters. The van der Waals surface area contributed by atoms with E-state index in [1.165, 1.54) is 18.4 Å². The second kappa shape index (κ2) is 4.08. The van der Waals surface area contributed by atoms with Crippen molar-refractivity contribution in [2.75, 3.05) is 0 Å². The Hall–Kier alpha value is -1.30. The summed E-state index contributed by atoms with van der Waals surface area (Å²) in [5, 5.41) is 0. The molecule has 1 aliphatic carbocycles. The molecule has 13 heavy (non-hydrogen) atoms. The predicted molar refractivity (Wildman–Crippen MR) is 57.3 cm³/mol. The Morgan fingerprint density at radius 2 is 1.77 bits per heavy atom. The van der Waals surface area contributed by atoms with Crippen LogP contribution in [0.2, 0.25) is 0 Å². The van der Waals surface area contributed by atoms with E-state index in [1.54, 1.807) is 0 Å². The van der Waals surface area contributed by atoms with Gasteiger partial charge in [0.05, 0.1) is 0 Å². The third kappa shape index (κ3) is 2.90. The molecule has 0 bridgehead atoms. The fourth-order valence-corrected chi connectivity index (χ4v) is 1.24. The SMILES string of the molecule is C(C=CC1CC1)=Cc1ccccc1. The summed E-state index contributed by atoms with van der Waals surface area (Å²) in [6, 6.07) is 10.4. The highest BCUT2D eigenvalue weighted by molar-refractivity contribution is 5.50. The van der Waals surface area contributed by atoms with Crippen LogP contribution in [0.3, 0.4) is 0 Å². The van der Waals surface area contributed by atoms with Crippen LogP contribution in [0.15, 0.2) is 48.6 Å². The Morgan fingerprint density at radius 3 is 2.46 bits per heavy atom. The maximum Gasteiger partial charge on any atom is -0.0230 e. The van der Waals surface area contributed by atoms with Crippen molar-refractivity contribution < 1.29 is 0 Å². The first-order chi connectivity index (χ1) is 6.45. The van der Waals surface area contributed by atoms with Gasteiger partial charge in [-0.05, 0) is 24.3 Å². The lowest BCUT2D eigenvalue weighted by atomic mass is 10.2. The van der Waals surface area contributed by atoms with Crippen LogP contribution in [0.25, 0.3) is 6.08 Å². The molecule has 0 atom stereocenters. The van der Waals surface area contributed by atoms with Crippen LogP contribution in [-0.4, -0.2) is 0 Å². The van der Waals surface area contributed by atoms with Crippen LogP contribution in [0.4, 0.5) is 0 Å². The molecular formula is C13H14. The van der Waals surface area contributed by atoms with Crippen molar-refractivity contribution in [1.29, 1.82) is 0 Å². The van der Waals surface area contributed by atoms with Gasteiger partial charge in [0.25, 0.3) is 0 Å². The van der Waals surface area contributed by atoms with Gasteiger partial charge < -0.3 is 0 Å². The number of hydrogen-bond acceptors (Lipinski definition) is 0. The average Bonchev–Trinajstić information content (AvgIpc) is 2.98. The number of benzene rings is 1. The first-order valence-corrected chi connectivity index (χ1v) is 4.85. The maximum absolute atomic E-state index is 2.29. The number of rotatable bonds is 3. The molecule has 66 valence electrons. The van der Waals surface area contributed by atoms with Crippen molar-refractivity contribution in [2.45, 2.75) is 12.8 Å². The largest absolute Gasteiger partial charge is 0.0814 e. The fourth-order valence-electron chi connectivity index (χ4n) is 1.24. The quantitative estimate of drug-likeness (QED) is 0.607. The van der Waals surface area contributed by atoms with Gasteiger partial charge in [-0.2, -0.15) is 0 Å². The fraction of sp³-hybridized carbons (Fsp3) is 0.231. The first-order valence-electron chi connectivity index (χ1n) is 4.85. The summed E-state index contributed by atoms with van der Waals surface area (Å²) in [6.07, 6.45) is 11.5. The van der Waals surface area contributed by atoms with E-state index < -0.39 is 0 Å². The molecule has 0 N–H and O–H groups in total. The summed E-state index contributed by atoms with van der Waals surface area (Å²) >= 11 is 0. The zero-order valence-corrected chi connectivity index (χ0v) is 7.69. The van der Waals surface area contributed by atoms with Gasteiger partial charge in [0.1, 0.15) is 0 Å². The van der Waals surface area contributed by atoms with Crippen LogP contribution >= 0.6 is 0 Å². The molecule has 0 aromatic heterocycles. The highest BCUT2D eigenvalue weighted by Gasteiger charge is 2.16. The minimum Gasteiger partial charge on any atom is -0.0814 e. The van der Waals surface area contributed by atoms with E-state index >= 15 is 0 Å². The van der Waals surface area contributed by atoms with Crippen LogP contribution in [-0.2, 0) is 0 Å². The molecule has 1 fully saturated rings. The molecular weight excluding hydrogens is 156 g/mol. The topological polar surface area (TPSA) is 0 Å². The highest BCUT2D eigenvalue weighted by Crippen LogP contribution is 2.29. The molecule has 0 saturated heterocycles. The summed E-state index contributed by atoms with van der Waals surface area (Å²) in [5.74, 6) is 0.875. The molecule has 0 aliphatic heterocycles. The van der Waals surface area contributed by atoms with E-state index in [1.807, 2.05) is 6.07 Å². The minimum atomic E-state index is 0.875. The van der Waals surface area contributed by atoms with Gasteiger partial charge in [-0.15, -0.1) is 0 Å². The van der Waals surface area contributed by atoms with Crippen molar-refractivity contribution in [3.8, 4) is 0 Å². The third-order valence-electron chi connectivity index (χ3n) is 2.20. The zero-order valence-electron chi connectivity index (χ0n) is 7.69. The third-order valence-corrected chi connectivity index (χ3v) is 2.20. The summed E-state index contributed by atoms with van der Waals surface area (Å²) in [7, 11) is 0. The smallest absolute Gasteiger partial charge is 0.0230 e. The summed E-state index contributed by atoms with van der Waals surface area (Å²) in [4.78, 5) is 0. The zero-order chi connectivity index (χ0) is 8.93. The lowest BCUT2D eigenvalue weighted by molar-refractivity contribution is 1.12. The van der Waals surface area contributed by atoms with E-state index in [0.717, 1.165) is 5.92 Å². The second-order valence-electron chi connectivity index (χ2n) is 3.49. The normalized spacial score (nSPS) is 17.2. The van der Waals surface area contributed by atoms with Gasteiger partial charge >= 0.3 is 0 Å². The average molecular weight is 170 g/mol. The maximum atomic E-state index is 2.29. The Kier molecular flexibility index (Phi) is 2.61. The molecule has 1 aliphatic rings. The van der Waals surface area contributed by atoms with Gasteiger partial charge in [0, 0.05) is 0 Å². The van der Waals surface area contributed by atoms with Gasteiger partial charge in [-0.3, -0.25) is 0 Å². The molecule has 1 saturated carbocycles. The lowest BCUT2D eigenvalue weighted by Crippen LogP contribution is -1.67. The summed E-state index contributed by atoms with van der Waals surface area (Å²) in [6.45, 7) is 0. The van der Waals surface area contributed by atoms with E-state index in [9.17, 15) is 0 Å². The Labute approximate surface area is 79.6 Å². The van der Waals surface area contributed by atoms with Crippen LogP contribution < -0.4 is 0 Å².